The van der Waals surface area contributed by atoms with Gasteiger partial charge in [0, 0.05) is 26.0 Å². The number of nitrogens with one attached hydrogen (secondary N) is 1. The normalized spacial score (nSPS) is 14.0. The fourth-order valence-electron chi connectivity index (χ4n) is 2.05. The van der Waals surface area contributed by atoms with Crippen LogP contribution in [0.1, 0.15) is 24.4 Å². The molecule has 1 heterocycles. The zero-order valence-corrected chi connectivity index (χ0v) is 12.6. The molecule has 1 aromatic heterocycles. The Labute approximate surface area is 125 Å². The highest BCUT2D eigenvalue weighted by atomic mass is 16.5. The van der Waals surface area contributed by atoms with Crippen molar-refractivity contribution in [1.29, 1.82) is 0 Å². The Morgan fingerprint density at radius 2 is 2.10 bits per heavy atom. The molecule has 0 aliphatic heterocycles. The van der Waals surface area contributed by atoms with Gasteiger partial charge in [-0.2, -0.15) is 0 Å². The number of hydrogen-bond donors (Lipinski definition) is 2. The zero-order chi connectivity index (χ0) is 15.1. The van der Waals surface area contributed by atoms with Crippen molar-refractivity contribution in [3.63, 3.8) is 0 Å². The summed E-state index contributed by atoms with van der Waals surface area (Å²) < 4.78 is 7.64. The van der Waals surface area contributed by atoms with Gasteiger partial charge in [-0.05, 0) is 12.5 Å². The summed E-state index contributed by atoms with van der Waals surface area (Å²) in [7, 11) is 1.95. The lowest BCUT2D eigenvalue weighted by atomic mass is 10.1. The molecule has 1 aromatic carbocycles. The van der Waals surface area contributed by atoms with Crippen molar-refractivity contribution in [2.24, 2.45) is 7.05 Å². The second kappa shape index (κ2) is 7.93. The Morgan fingerprint density at radius 1 is 1.33 bits per heavy atom. The van der Waals surface area contributed by atoms with Gasteiger partial charge in [-0.1, -0.05) is 30.3 Å². The van der Waals surface area contributed by atoms with Crippen LogP contribution in [0.3, 0.4) is 0 Å². The van der Waals surface area contributed by atoms with Gasteiger partial charge in [0.25, 0.3) is 0 Å². The number of aliphatic hydroxyl groups is 1. The van der Waals surface area contributed by atoms with Crippen LogP contribution in [0.4, 0.5) is 0 Å². The van der Waals surface area contributed by atoms with E-state index in [-0.39, 0.29) is 6.10 Å². The van der Waals surface area contributed by atoms with Gasteiger partial charge < -0.3 is 19.7 Å². The van der Waals surface area contributed by atoms with Gasteiger partial charge in [0.15, 0.2) is 0 Å². The van der Waals surface area contributed by atoms with Gasteiger partial charge in [-0.3, -0.25) is 0 Å². The monoisotopic (exact) mass is 289 g/mol. The zero-order valence-electron chi connectivity index (χ0n) is 12.6. The summed E-state index contributed by atoms with van der Waals surface area (Å²) in [6.07, 6.45) is 3.11. The lowest BCUT2D eigenvalue weighted by Crippen LogP contribution is -2.31. The van der Waals surface area contributed by atoms with Crippen molar-refractivity contribution in [2.45, 2.75) is 25.7 Å². The summed E-state index contributed by atoms with van der Waals surface area (Å²) in [5, 5.41) is 13.1. The number of nitrogens with zero attached hydrogens (tertiary/aromatic N) is 2. The summed E-state index contributed by atoms with van der Waals surface area (Å²) in [6.45, 7) is 3.41. The molecule has 0 saturated heterocycles. The lowest BCUT2D eigenvalue weighted by Gasteiger charge is -2.17. The van der Waals surface area contributed by atoms with Crippen LogP contribution in [0, 0.1) is 0 Å². The predicted molar refractivity (Wildman–Crippen MR) is 81.7 cm³/mol. The van der Waals surface area contributed by atoms with E-state index in [0.29, 0.717) is 19.7 Å². The van der Waals surface area contributed by atoms with Crippen LogP contribution in [0.25, 0.3) is 0 Å². The number of ether oxygens (including phenoxy) is 1. The number of hydrogen-bond acceptors (Lipinski definition) is 4. The Morgan fingerprint density at radius 3 is 2.76 bits per heavy atom. The van der Waals surface area contributed by atoms with E-state index in [1.807, 2.05) is 55.1 Å². The number of aliphatic hydroxyl groups excluding tert-OH is 1. The van der Waals surface area contributed by atoms with Crippen LogP contribution in [0.15, 0.2) is 42.7 Å². The molecule has 2 N–H and O–H groups in total. The number of imidazole rings is 1. The maximum absolute atomic E-state index is 9.93. The highest BCUT2D eigenvalue weighted by molar-refractivity contribution is 5.16. The molecule has 5 heteroatoms. The SMILES string of the molecule is CC(OCC(O)CNCc1nccn1C)c1ccccc1. The minimum absolute atomic E-state index is 0.0182. The van der Waals surface area contributed by atoms with Crippen LogP contribution in [0.5, 0.6) is 0 Å². The fourth-order valence-corrected chi connectivity index (χ4v) is 2.05. The van der Waals surface area contributed by atoms with Gasteiger partial charge in [-0.25, -0.2) is 4.98 Å². The molecule has 0 aliphatic rings. The summed E-state index contributed by atoms with van der Waals surface area (Å²) >= 11 is 0. The molecular formula is C16H23N3O2. The predicted octanol–water partition coefficient (Wildman–Crippen LogP) is 1.65. The van der Waals surface area contributed by atoms with Crippen LogP contribution >= 0.6 is 0 Å². The van der Waals surface area contributed by atoms with Gasteiger partial charge in [-0.15, -0.1) is 0 Å². The maximum Gasteiger partial charge on any atom is 0.122 e. The van der Waals surface area contributed by atoms with E-state index in [1.165, 1.54) is 0 Å². The van der Waals surface area contributed by atoms with E-state index in [0.717, 1.165) is 11.4 Å². The molecule has 0 amide bonds. The van der Waals surface area contributed by atoms with Crippen LogP contribution in [-0.4, -0.2) is 33.9 Å². The molecule has 114 valence electrons. The van der Waals surface area contributed by atoms with E-state index in [9.17, 15) is 5.11 Å². The second-order valence-corrected chi connectivity index (χ2v) is 5.13. The third-order valence-corrected chi connectivity index (χ3v) is 3.39. The Hall–Kier alpha value is -1.69. The van der Waals surface area contributed by atoms with Crippen LogP contribution < -0.4 is 5.32 Å². The molecule has 2 aromatic rings. The van der Waals surface area contributed by atoms with E-state index in [2.05, 4.69) is 10.3 Å². The molecule has 5 nitrogen and oxygen atoms in total. The van der Waals surface area contributed by atoms with Gasteiger partial charge in [0.1, 0.15) is 5.82 Å². The first-order valence-corrected chi connectivity index (χ1v) is 7.18. The molecule has 0 spiro atoms. The summed E-state index contributed by atoms with van der Waals surface area (Å²) in [5.41, 5.74) is 1.12. The Kier molecular flexibility index (Phi) is 5.92. The molecule has 0 saturated carbocycles. The average molecular weight is 289 g/mol. The van der Waals surface area contributed by atoms with E-state index < -0.39 is 6.10 Å². The van der Waals surface area contributed by atoms with Crippen molar-refractivity contribution in [3.8, 4) is 0 Å². The van der Waals surface area contributed by atoms with Gasteiger partial charge in [0.2, 0.25) is 0 Å². The van der Waals surface area contributed by atoms with Crippen molar-refractivity contribution >= 4 is 0 Å². The molecular weight excluding hydrogens is 266 g/mol. The molecule has 21 heavy (non-hydrogen) atoms. The first-order chi connectivity index (χ1) is 10.2. The highest BCUT2D eigenvalue weighted by Crippen LogP contribution is 2.15. The lowest BCUT2D eigenvalue weighted by molar-refractivity contribution is -0.00218. The topological polar surface area (TPSA) is 59.3 Å². The van der Waals surface area contributed by atoms with Gasteiger partial charge >= 0.3 is 0 Å². The first-order valence-electron chi connectivity index (χ1n) is 7.18. The molecule has 2 unspecified atom stereocenters. The van der Waals surface area contributed by atoms with Crippen LogP contribution in [-0.2, 0) is 18.3 Å². The van der Waals surface area contributed by atoms with Crippen molar-refractivity contribution in [3.05, 3.63) is 54.1 Å². The Bertz CT molecular complexity index is 527. The third-order valence-electron chi connectivity index (χ3n) is 3.39. The Balaban J connectivity index is 1.65. The molecule has 0 fully saturated rings. The minimum Gasteiger partial charge on any atom is -0.389 e. The summed E-state index contributed by atoms with van der Waals surface area (Å²) in [4.78, 5) is 4.21. The van der Waals surface area contributed by atoms with E-state index in [4.69, 9.17) is 4.74 Å². The number of aryl methyl sites for hydroxylation is 1. The largest absolute Gasteiger partial charge is 0.389 e. The van der Waals surface area contributed by atoms with E-state index >= 15 is 0 Å². The standard InChI is InChI=1S/C16H23N3O2/c1-13(14-6-4-3-5-7-14)21-12-15(20)10-17-11-16-18-8-9-19(16)2/h3-9,13,15,17,20H,10-12H2,1-2H3. The van der Waals surface area contributed by atoms with Gasteiger partial charge in [0.05, 0.1) is 25.4 Å². The smallest absolute Gasteiger partial charge is 0.122 e. The quantitative estimate of drug-likeness (QED) is 0.776. The first kappa shape index (κ1) is 15.7. The molecule has 2 atom stereocenters. The average Bonchev–Trinajstić information content (AvgIpc) is 2.91. The number of rotatable bonds is 8. The van der Waals surface area contributed by atoms with E-state index in [1.54, 1.807) is 6.20 Å². The van der Waals surface area contributed by atoms with Crippen molar-refractivity contribution in [2.75, 3.05) is 13.2 Å². The molecule has 0 bridgehead atoms. The third kappa shape index (κ3) is 4.97. The number of benzene rings is 1. The summed E-state index contributed by atoms with van der Waals surface area (Å²) in [6, 6.07) is 10.00. The number of aromatic nitrogens is 2. The van der Waals surface area contributed by atoms with Crippen molar-refractivity contribution < 1.29 is 9.84 Å². The fraction of sp³-hybridized carbons (Fsp3) is 0.438. The molecule has 0 radical (unpaired) electrons. The van der Waals surface area contributed by atoms with Crippen LogP contribution in [0.2, 0.25) is 0 Å². The molecule has 0 aliphatic carbocycles. The maximum atomic E-state index is 9.93. The highest BCUT2D eigenvalue weighted by Gasteiger charge is 2.09. The van der Waals surface area contributed by atoms with Crippen molar-refractivity contribution in [1.82, 2.24) is 14.9 Å². The minimum atomic E-state index is -0.531. The molecule has 2 rings (SSSR count). The summed E-state index contributed by atoms with van der Waals surface area (Å²) in [5.74, 6) is 0.945. The second-order valence-electron chi connectivity index (χ2n) is 5.13.